The largest absolute Gasteiger partial charge is 0.323 e. The number of aromatic nitrogens is 1. The molecule has 0 bridgehead atoms. The number of benzene rings is 1. The maximum atomic E-state index is 15.0. The smallest absolute Gasteiger partial charge is 0.306 e. The molecule has 168 valence electrons. The molecule has 0 saturated carbocycles. The third-order valence-electron chi connectivity index (χ3n) is 5.18. The molecule has 1 aliphatic heterocycles. The molecule has 0 aliphatic carbocycles. The number of nitrogens with zero attached hydrogens (tertiary/aromatic N) is 3. The van der Waals surface area contributed by atoms with E-state index in [-0.39, 0.29) is 5.69 Å². The lowest BCUT2D eigenvalue weighted by atomic mass is 10.1. The number of carbonyl (C=O) groups is 1. The van der Waals surface area contributed by atoms with Gasteiger partial charge in [-0.05, 0) is 39.0 Å². The van der Waals surface area contributed by atoms with Gasteiger partial charge in [-0.1, -0.05) is 12.1 Å². The minimum Gasteiger partial charge on any atom is -0.306 e. The van der Waals surface area contributed by atoms with Gasteiger partial charge >= 0.3 is 6.03 Å². The van der Waals surface area contributed by atoms with Crippen molar-refractivity contribution in [1.29, 1.82) is 0 Å². The Morgan fingerprint density at radius 3 is 2.45 bits per heavy atom. The van der Waals surface area contributed by atoms with Crippen LogP contribution in [0.15, 0.2) is 36.5 Å². The van der Waals surface area contributed by atoms with Gasteiger partial charge in [-0.2, -0.15) is 4.31 Å². The van der Waals surface area contributed by atoms with Gasteiger partial charge in [0.05, 0.1) is 22.8 Å². The number of aryl methyl sites for hydroxylation is 1. The number of halogens is 1. The average molecular weight is 450 g/mol. The molecular formula is C21H28FN5O3S. The normalized spacial score (nSPS) is 15.8. The maximum Gasteiger partial charge on any atom is 0.323 e. The number of urea groups is 1. The summed E-state index contributed by atoms with van der Waals surface area (Å²) in [5.41, 5.74) is 1.85. The standard InChI is InChI=1S/C21H28FN5O3S/c1-15(2)31(29,30)27-11-9-26(10-12-27)14-17-5-4-6-19(20(17)22)25-21(28)24-18-8-7-16(3)23-13-18/h4-8,13,15H,9-12,14H2,1-3H3,(H2,24,25,28). The molecule has 31 heavy (non-hydrogen) atoms. The molecule has 1 aliphatic rings. The molecule has 0 spiro atoms. The quantitative estimate of drug-likeness (QED) is 0.707. The van der Waals surface area contributed by atoms with E-state index in [9.17, 15) is 17.6 Å². The zero-order valence-electron chi connectivity index (χ0n) is 17.9. The Morgan fingerprint density at radius 2 is 1.84 bits per heavy atom. The van der Waals surface area contributed by atoms with Crippen LogP contribution in [-0.2, 0) is 16.6 Å². The van der Waals surface area contributed by atoms with Gasteiger partial charge in [0.25, 0.3) is 0 Å². The van der Waals surface area contributed by atoms with Crippen molar-refractivity contribution >= 4 is 27.4 Å². The van der Waals surface area contributed by atoms with Crippen LogP contribution in [0.4, 0.5) is 20.6 Å². The fourth-order valence-electron chi connectivity index (χ4n) is 3.31. The molecule has 1 aromatic heterocycles. The van der Waals surface area contributed by atoms with Crippen LogP contribution < -0.4 is 10.6 Å². The Morgan fingerprint density at radius 1 is 1.13 bits per heavy atom. The van der Waals surface area contributed by atoms with Crippen molar-refractivity contribution in [3.8, 4) is 0 Å². The lowest BCUT2D eigenvalue weighted by molar-refractivity contribution is 0.179. The van der Waals surface area contributed by atoms with Crippen molar-refractivity contribution in [3.63, 3.8) is 0 Å². The summed E-state index contributed by atoms with van der Waals surface area (Å²) in [5.74, 6) is -0.503. The van der Waals surface area contributed by atoms with Gasteiger partial charge in [-0.25, -0.2) is 17.6 Å². The molecule has 0 radical (unpaired) electrons. The Labute approximate surface area is 182 Å². The molecule has 1 saturated heterocycles. The zero-order valence-corrected chi connectivity index (χ0v) is 18.7. The molecule has 2 aromatic rings. The number of nitrogens with one attached hydrogen (secondary N) is 2. The fourth-order valence-corrected chi connectivity index (χ4v) is 4.57. The highest BCUT2D eigenvalue weighted by Crippen LogP contribution is 2.21. The highest BCUT2D eigenvalue weighted by atomic mass is 32.2. The molecule has 8 nitrogen and oxygen atoms in total. The lowest BCUT2D eigenvalue weighted by Crippen LogP contribution is -2.50. The number of carbonyl (C=O) groups excluding carboxylic acids is 1. The van der Waals surface area contributed by atoms with E-state index in [1.165, 1.54) is 16.6 Å². The summed E-state index contributed by atoms with van der Waals surface area (Å²) >= 11 is 0. The van der Waals surface area contributed by atoms with Crippen LogP contribution in [0.5, 0.6) is 0 Å². The highest BCUT2D eigenvalue weighted by molar-refractivity contribution is 7.89. The Kier molecular flexibility index (Phi) is 7.24. The first kappa shape index (κ1) is 23.1. The second kappa shape index (κ2) is 9.71. The van der Waals surface area contributed by atoms with Crippen molar-refractivity contribution in [2.24, 2.45) is 0 Å². The van der Waals surface area contributed by atoms with Gasteiger partial charge in [0.1, 0.15) is 0 Å². The number of rotatable bonds is 6. The molecule has 2 heterocycles. The van der Waals surface area contributed by atoms with E-state index in [2.05, 4.69) is 15.6 Å². The van der Waals surface area contributed by atoms with Gasteiger partial charge in [0.2, 0.25) is 10.0 Å². The minimum atomic E-state index is -3.28. The number of piperazine rings is 1. The molecule has 0 unspecified atom stereocenters. The van der Waals surface area contributed by atoms with Crippen LogP contribution in [0.2, 0.25) is 0 Å². The third-order valence-corrected chi connectivity index (χ3v) is 7.45. The van der Waals surface area contributed by atoms with E-state index in [1.807, 2.05) is 11.8 Å². The van der Waals surface area contributed by atoms with Crippen molar-refractivity contribution in [2.75, 3.05) is 36.8 Å². The third kappa shape index (κ3) is 5.78. The average Bonchev–Trinajstić information content (AvgIpc) is 2.73. The second-order valence-electron chi connectivity index (χ2n) is 7.81. The molecule has 3 rings (SSSR count). The Bertz CT molecular complexity index is 1020. The first-order chi connectivity index (χ1) is 14.7. The van der Waals surface area contributed by atoms with Crippen molar-refractivity contribution in [2.45, 2.75) is 32.6 Å². The topological polar surface area (TPSA) is 94.6 Å². The molecular weight excluding hydrogens is 421 g/mol. The fraction of sp³-hybridized carbons (Fsp3) is 0.429. The predicted octanol–water partition coefficient (Wildman–Crippen LogP) is 3.03. The summed E-state index contributed by atoms with van der Waals surface area (Å²) in [6.07, 6.45) is 1.53. The lowest BCUT2D eigenvalue weighted by Gasteiger charge is -2.35. The van der Waals surface area contributed by atoms with E-state index in [4.69, 9.17) is 0 Å². The number of anilines is 2. The number of hydrogen-bond acceptors (Lipinski definition) is 5. The van der Waals surface area contributed by atoms with Gasteiger partial charge in [-0.3, -0.25) is 9.88 Å². The summed E-state index contributed by atoms with van der Waals surface area (Å²) in [4.78, 5) is 18.3. The van der Waals surface area contributed by atoms with E-state index in [0.717, 1.165) is 5.69 Å². The van der Waals surface area contributed by atoms with E-state index in [0.29, 0.717) is 44.0 Å². The van der Waals surface area contributed by atoms with Gasteiger partial charge < -0.3 is 10.6 Å². The van der Waals surface area contributed by atoms with Crippen LogP contribution in [0.25, 0.3) is 0 Å². The van der Waals surface area contributed by atoms with Crippen LogP contribution in [0.3, 0.4) is 0 Å². The first-order valence-corrected chi connectivity index (χ1v) is 11.7. The Balaban J connectivity index is 1.60. The number of hydrogen-bond donors (Lipinski definition) is 2. The van der Waals surface area contributed by atoms with Gasteiger partial charge in [0.15, 0.2) is 5.82 Å². The summed E-state index contributed by atoms with van der Waals surface area (Å²) in [6, 6.07) is 7.77. The van der Waals surface area contributed by atoms with Crippen LogP contribution in [-0.4, -0.2) is 60.1 Å². The maximum absolute atomic E-state index is 15.0. The second-order valence-corrected chi connectivity index (χ2v) is 10.3. The molecule has 1 fully saturated rings. The van der Waals surface area contributed by atoms with Crippen molar-refractivity contribution in [1.82, 2.24) is 14.2 Å². The summed E-state index contributed by atoms with van der Waals surface area (Å²) in [6.45, 7) is 7.31. The molecule has 10 heteroatoms. The first-order valence-electron chi connectivity index (χ1n) is 10.2. The van der Waals surface area contributed by atoms with Crippen molar-refractivity contribution < 1.29 is 17.6 Å². The Hall–Kier alpha value is -2.56. The summed E-state index contributed by atoms with van der Waals surface area (Å²) in [7, 11) is -3.28. The number of sulfonamides is 1. The van der Waals surface area contributed by atoms with Crippen molar-refractivity contribution in [3.05, 3.63) is 53.6 Å². The molecule has 2 N–H and O–H groups in total. The van der Waals surface area contributed by atoms with Crippen LogP contribution in [0.1, 0.15) is 25.1 Å². The SMILES string of the molecule is Cc1ccc(NC(=O)Nc2cccc(CN3CCN(S(=O)(=O)C(C)C)CC3)c2F)cn1. The summed E-state index contributed by atoms with van der Waals surface area (Å²) in [5, 5.41) is 4.70. The van der Waals surface area contributed by atoms with Crippen LogP contribution in [0, 0.1) is 12.7 Å². The zero-order chi connectivity index (χ0) is 22.6. The molecule has 0 atom stereocenters. The summed E-state index contributed by atoms with van der Waals surface area (Å²) < 4.78 is 41.0. The monoisotopic (exact) mass is 449 g/mol. The van der Waals surface area contributed by atoms with E-state index in [1.54, 1.807) is 38.1 Å². The number of amides is 2. The predicted molar refractivity (Wildman–Crippen MR) is 119 cm³/mol. The minimum absolute atomic E-state index is 0.0797. The van der Waals surface area contributed by atoms with E-state index < -0.39 is 27.1 Å². The van der Waals surface area contributed by atoms with Crippen LogP contribution >= 0.6 is 0 Å². The number of pyridine rings is 1. The highest BCUT2D eigenvalue weighted by Gasteiger charge is 2.29. The molecule has 1 aromatic carbocycles. The van der Waals surface area contributed by atoms with E-state index >= 15 is 0 Å². The molecule has 2 amide bonds. The van der Waals surface area contributed by atoms with Gasteiger partial charge in [0, 0.05) is 44.0 Å². The van der Waals surface area contributed by atoms with Gasteiger partial charge in [-0.15, -0.1) is 0 Å².